The van der Waals surface area contributed by atoms with Crippen molar-refractivity contribution in [1.82, 2.24) is 9.62 Å². The number of rotatable bonds is 10. The molecule has 0 radical (unpaired) electrons. The van der Waals surface area contributed by atoms with E-state index in [1.165, 1.54) is 17.0 Å². The van der Waals surface area contributed by atoms with Crippen molar-refractivity contribution in [3.8, 4) is 0 Å². The molecule has 2 unspecified atom stereocenters. The highest BCUT2D eigenvalue weighted by Gasteiger charge is 2.42. The minimum atomic E-state index is -4.17. The molecule has 0 aromatic heterocycles. The van der Waals surface area contributed by atoms with Gasteiger partial charge in [-0.1, -0.05) is 60.7 Å². The maximum absolute atomic E-state index is 13.3. The average molecular weight is 545 g/mol. The third-order valence-corrected chi connectivity index (χ3v) is 8.65. The molecule has 1 N–H and O–H groups in total. The van der Waals surface area contributed by atoms with Gasteiger partial charge >= 0.3 is 5.97 Å². The molecule has 3 aromatic carbocycles. The number of hydrogen-bond acceptors (Lipinski definition) is 7. The molecule has 1 saturated heterocycles. The highest BCUT2D eigenvalue weighted by atomic mass is 32.2. The fraction of sp³-hybridized carbons (Fsp3) is 0.308. The SMILES string of the molecule is CS(=O)(=O)CCC(NS(=O)(=O)c1ccc2ccccc2c1)C(=O)N1CCC1C(=O)OCc1ccccc1. The van der Waals surface area contributed by atoms with E-state index in [4.69, 9.17) is 4.74 Å². The standard InChI is InChI=1S/C26H28N2O7S2/c1-36(31,32)16-14-23(27-37(33,34)22-12-11-20-9-5-6-10-21(20)17-22)25(29)28-15-13-24(28)26(30)35-18-19-7-3-2-4-8-19/h2-12,17,23-24,27H,13-16,18H2,1H3. The van der Waals surface area contributed by atoms with Crippen LogP contribution in [0.25, 0.3) is 10.8 Å². The lowest BCUT2D eigenvalue weighted by atomic mass is 10.0. The molecule has 196 valence electrons. The summed E-state index contributed by atoms with van der Waals surface area (Å²) in [5.74, 6) is -1.66. The van der Waals surface area contributed by atoms with Crippen molar-refractivity contribution < 1.29 is 31.2 Å². The van der Waals surface area contributed by atoms with E-state index < -0.39 is 49.6 Å². The summed E-state index contributed by atoms with van der Waals surface area (Å²) in [6.45, 7) is 0.279. The molecule has 1 aliphatic heterocycles. The van der Waals surface area contributed by atoms with Crippen LogP contribution in [0.4, 0.5) is 0 Å². The second kappa shape index (κ2) is 11.0. The van der Waals surface area contributed by atoms with Gasteiger partial charge in [-0.2, -0.15) is 4.72 Å². The predicted octanol–water partition coefficient (Wildman–Crippen LogP) is 2.27. The smallest absolute Gasteiger partial charge is 0.329 e. The summed E-state index contributed by atoms with van der Waals surface area (Å²) in [6.07, 6.45) is 1.11. The van der Waals surface area contributed by atoms with Crippen LogP contribution >= 0.6 is 0 Å². The predicted molar refractivity (Wildman–Crippen MR) is 139 cm³/mol. The molecule has 2 atom stereocenters. The molecule has 1 fully saturated rings. The first kappa shape index (κ1) is 26.8. The van der Waals surface area contributed by atoms with E-state index in [1.807, 2.05) is 30.3 Å². The maximum Gasteiger partial charge on any atom is 0.329 e. The second-order valence-electron chi connectivity index (χ2n) is 9.03. The van der Waals surface area contributed by atoms with Gasteiger partial charge in [0.1, 0.15) is 28.5 Å². The van der Waals surface area contributed by atoms with Gasteiger partial charge in [0.05, 0.1) is 10.6 Å². The molecule has 37 heavy (non-hydrogen) atoms. The summed E-state index contributed by atoms with van der Waals surface area (Å²) in [5, 5.41) is 1.55. The fourth-order valence-corrected chi connectivity index (χ4v) is 6.00. The van der Waals surface area contributed by atoms with Crippen molar-refractivity contribution in [2.75, 3.05) is 18.6 Å². The van der Waals surface area contributed by atoms with Crippen LogP contribution in [0.15, 0.2) is 77.7 Å². The van der Waals surface area contributed by atoms with Crippen LogP contribution in [0.1, 0.15) is 18.4 Å². The zero-order valence-electron chi connectivity index (χ0n) is 20.2. The third-order valence-electron chi connectivity index (χ3n) is 6.20. The molecule has 1 aliphatic rings. The summed E-state index contributed by atoms with van der Waals surface area (Å²) in [6, 6.07) is 18.7. The normalized spacial score (nSPS) is 16.7. The van der Waals surface area contributed by atoms with Gasteiger partial charge in [-0.3, -0.25) is 4.79 Å². The Morgan fingerprint density at radius 2 is 1.65 bits per heavy atom. The Hall–Kier alpha value is -3.28. The van der Waals surface area contributed by atoms with Crippen molar-refractivity contribution in [2.24, 2.45) is 0 Å². The first-order chi connectivity index (χ1) is 17.5. The minimum absolute atomic E-state index is 0.0459. The molecule has 0 bridgehead atoms. The van der Waals surface area contributed by atoms with Crippen LogP contribution in [0.2, 0.25) is 0 Å². The molecule has 0 spiro atoms. The topological polar surface area (TPSA) is 127 Å². The quantitative estimate of drug-likeness (QED) is 0.388. The first-order valence-corrected chi connectivity index (χ1v) is 15.3. The molecule has 0 saturated carbocycles. The number of sulfone groups is 1. The third kappa shape index (κ3) is 6.73. The van der Waals surface area contributed by atoms with Gasteiger partial charge in [-0.15, -0.1) is 0 Å². The Morgan fingerprint density at radius 3 is 2.30 bits per heavy atom. The van der Waals surface area contributed by atoms with Crippen LogP contribution < -0.4 is 4.72 Å². The molecule has 0 aliphatic carbocycles. The first-order valence-electron chi connectivity index (χ1n) is 11.7. The summed E-state index contributed by atoms with van der Waals surface area (Å²) in [7, 11) is -7.66. The van der Waals surface area contributed by atoms with Crippen LogP contribution in [0.5, 0.6) is 0 Å². The summed E-state index contributed by atoms with van der Waals surface area (Å²) >= 11 is 0. The minimum Gasteiger partial charge on any atom is -0.459 e. The molecule has 4 rings (SSSR count). The van der Waals surface area contributed by atoms with Crippen molar-refractivity contribution in [3.05, 3.63) is 78.4 Å². The Bertz CT molecular complexity index is 1510. The Kier molecular flexibility index (Phi) is 7.96. The van der Waals surface area contributed by atoms with Gasteiger partial charge in [-0.25, -0.2) is 21.6 Å². The maximum atomic E-state index is 13.3. The monoisotopic (exact) mass is 544 g/mol. The zero-order valence-corrected chi connectivity index (χ0v) is 21.9. The van der Waals surface area contributed by atoms with Crippen LogP contribution in [0, 0.1) is 0 Å². The van der Waals surface area contributed by atoms with E-state index in [0.29, 0.717) is 11.8 Å². The number of hydrogen-bond donors (Lipinski definition) is 1. The number of likely N-dealkylation sites (tertiary alicyclic amines) is 1. The lowest BCUT2D eigenvalue weighted by molar-refractivity contribution is -0.163. The molecule has 3 aromatic rings. The molecule has 11 heteroatoms. The van der Waals surface area contributed by atoms with E-state index in [1.54, 1.807) is 30.3 Å². The molecule has 1 heterocycles. The fourth-order valence-electron chi connectivity index (χ4n) is 4.08. The summed E-state index contributed by atoms with van der Waals surface area (Å²) in [4.78, 5) is 27.2. The molecular formula is C26H28N2O7S2. The van der Waals surface area contributed by atoms with Gasteiger partial charge in [0, 0.05) is 12.8 Å². The second-order valence-corrected chi connectivity index (χ2v) is 13.0. The lowest BCUT2D eigenvalue weighted by Gasteiger charge is -2.40. The molecule has 9 nitrogen and oxygen atoms in total. The summed E-state index contributed by atoms with van der Waals surface area (Å²) in [5.41, 5.74) is 0.794. The number of nitrogens with one attached hydrogen (secondary N) is 1. The number of fused-ring (bicyclic) bond motifs is 1. The van der Waals surface area contributed by atoms with Crippen molar-refractivity contribution in [1.29, 1.82) is 0 Å². The zero-order chi connectivity index (χ0) is 26.6. The number of benzene rings is 3. The molecule has 1 amide bonds. The van der Waals surface area contributed by atoms with Crippen LogP contribution in [-0.2, 0) is 40.8 Å². The largest absolute Gasteiger partial charge is 0.459 e. The van der Waals surface area contributed by atoms with Gasteiger partial charge in [0.2, 0.25) is 15.9 Å². The van der Waals surface area contributed by atoms with E-state index in [2.05, 4.69) is 4.72 Å². The number of nitrogens with zero attached hydrogens (tertiary/aromatic N) is 1. The molecular weight excluding hydrogens is 516 g/mol. The van der Waals surface area contributed by atoms with E-state index in [0.717, 1.165) is 17.2 Å². The van der Waals surface area contributed by atoms with Crippen molar-refractivity contribution >= 4 is 42.5 Å². The van der Waals surface area contributed by atoms with E-state index in [9.17, 15) is 26.4 Å². The number of carbonyl (C=O) groups is 2. The lowest BCUT2D eigenvalue weighted by Crippen LogP contribution is -2.61. The van der Waals surface area contributed by atoms with Crippen LogP contribution in [0.3, 0.4) is 0 Å². The number of amides is 1. The highest BCUT2D eigenvalue weighted by molar-refractivity contribution is 7.90. The number of esters is 1. The average Bonchev–Trinajstić information content (AvgIpc) is 2.84. The van der Waals surface area contributed by atoms with Crippen LogP contribution in [-0.4, -0.2) is 64.2 Å². The van der Waals surface area contributed by atoms with Gasteiger partial charge in [0.25, 0.3) is 0 Å². The van der Waals surface area contributed by atoms with Gasteiger partial charge in [-0.05, 0) is 41.3 Å². The number of ether oxygens (including phenoxy) is 1. The highest BCUT2D eigenvalue weighted by Crippen LogP contribution is 2.23. The van der Waals surface area contributed by atoms with E-state index >= 15 is 0 Å². The Balaban J connectivity index is 1.50. The van der Waals surface area contributed by atoms with Gasteiger partial charge in [0.15, 0.2) is 0 Å². The van der Waals surface area contributed by atoms with Crippen molar-refractivity contribution in [2.45, 2.75) is 36.4 Å². The Morgan fingerprint density at radius 1 is 0.973 bits per heavy atom. The van der Waals surface area contributed by atoms with Crippen molar-refractivity contribution in [3.63, 3.8) is 0 Å². The number of sulfonamides is 1. The van der Waals surface area contributed by atoms with Gasteiger partial charge < -0.3 is 9.64 Å². The van der Waals surface area contributed by atoms with E-state index in [-0.39, 0.29) is 24.5 Å². The number of carbonyl (C=O) groups excluding carboxylic acids is 2. The Labute approximate surface area is 216 Å². The summed E-state index contributed by atoms with van der Waals surface area (Å²) < 4.78 is 57.7.